The Kier molecular flexibility index (Phi) is 3.44. The van der Waals surface area contributed by atoms with Crippen LogP contribution in [0.25, 0.3) is 10.2 Å². The Bertz CT molecular complexity index is 903. The van der Waals surface area contributed by atoms with Crippen molar-refractivity contribution in [3.05, 3.63) is 67.0 Å². The molecule has 3 rings (SSSR count). The second-order valence-corrected chi connectivity index (χ2v) is 5.67. The molecule has 8 heteroatoms. The van der Waals surface area contributed by atoms with Gasteiger partial charge in [0, 0.05) is 12.1 Å². The molecule has 0 spiro atoms. The Morgan fingerprint density at radius 1 is 1.38 bits per heavy atom. The van der Waals surface area contributed by atoms with Crippen LogP contribution in [-0.2, 0) is 6.54 Å². The van der Waals surface area contributed by atoms with E-state index in [9.17, 15) is 14.9 Å². The maximum atomic E-state index is 12.3. The molecule has 2 aromatic heterocycles. The van der Waals surface area contributed by atoms with Crippen molar-refractivity contribution in [3.63, 3.8) is 0 Å². The molecular formula is C13H8ClN3O3S. The van der Waals surface area contributed by atoms with Crippen LogP contribution in [0, 0.1) is 10.1 Å². The summed E-state index contributed by atoms with van der Waals surface area (Å²) in [6.45, 7) is 0.219. The number of hydrogen-bond acceptors (Lipinski definition) is 5. The van der Waals surface area contributed by atoms with Gasteiger partial charge in [-0.3, -0.25) is 19.5 Å². The van der Waals surface area contributed by atoms with Crippen molar-refractivity contribution in [2.24, 2.45) is 0 Å². The van der Waals surface area contributed by atoms with Crippen molar-refractivity contribution in [1.29, 1.82) is 0 Å². The lowest BCUT2D eigenvalue weighted by atomic mass is 10.2. The summed E-state index contributed by atoms with van der Waals surface area (Å²) < 4.78 is 2.02. The Morgan fingerprint density at radius 3 is 2.90 bits per heavy atom. The van der Waals surface area contributed by atoms with Gasteiger partial charge in [-0.1, -0.05) is 11.6 Å². The molecule has 0 radical (unpaired) electrons. The zero-order valence-corrected chi connectivity index (χ0v) is 12.1. The van der Waals surface area contributed by atoms with E-state index >= 15 is 0 Å². The third-order valence-corrected chi connectivity index (χ3v) is 4.27. The van der Waals surface area contributed by atoms with Gasteiger partial charge in [0.05, 0.1) is 28.3 Å². The number of hydrogen-bond donors (Lipinski definition) is 0. The van der Waals surface area contributed by atoms with Gasteiger partial charge in [-0.2, -0.15) is 0 Å². The molecule has 3 aromatic rings. The van der Waals surface area contributed by atoms with Gasteiger partial charge < -0.3 is 0 Å². The van der Waals surface area contributed by atoms with Crippen molar-refractivity contribution < 1.29 is 4.92 Å². The summed E-state index contributed by atoms with van der Waals surface area (Å²) in [7, 11) is 0. The number of non-ortho nitro benzene ring substituents is 1. The van der Waals surface area contributed by atoms with E-state index in [-0.39, 0.29) is 22.8 Å². The van der Waals surface area contributed by atoms with Crippen molar-refractivity contribution in [3.8, 4) is 0 Å². The van der Waals surface area contributed by atoms with E-state index in [2.05, 4.69) is 4.98 Å². The highest BCUT2D eigenvalue weighted by Gasteiger charge is 2.11. The number of fused-ring (bicyclic) bond motifs is 1. The summed E-state index contributed by atoms with van der Waals surface area (Å²) in [5.41, 5.74) is 1.06. The molecule has 21 heavy (non-hydrogen) atoms. The van der Waals surface area contributed by atoms with Crippen LogP contribution in [0.15, 0.2) is 40.8 Å². The molecule has 0 saturated heterocycles. The second kappa shape index (κ2) is 5.27. The lowest BCUT2D eigenvalue weighted by molar-refractivity contribution is -0.384. The zero-order valence-electron chi connectivity index (χ0n) is 10.5. The minimum absolute atomic E-state index is 0.0806. The molecule has 2 heterocycles. The number of rotatable bonds is 3. The normalized spacial score (nSPS) is 10.9. The molecule has 0 atom stereocenters. The monoisotopic (exact) mass is 321 g/mol. The van der Waals surface area contributed by atoms with Gasteiger partial charge in [-0.15, -0.1) is 11.3 Å². The number of aromatic nitrogens is 2. The van der Waals surface area contributed by atoms with Crippen LogP contribution < -0.4 is 5.56 Å². The SMILES string of the molecule is O=c1c2sccc2ncn1Cc1ccc([N+](=O)[O-])cc1Cl. The predicted molar refractivity (Wildman–Crippen MR) is 81.1 cm³/mol. The molecule has 0 aliphatic rings. The predicted octanol–water partition coefficient (Wildman–Crippen LogP) is 3.07. The highest BCUT2D eigenvalue weighted by molar-refractivity contribution is 7.17. The van der Waals surface area contributed by atoms with E-state index in [4.69, 9.17) is 11.6 Å². The van der Waals surface area contributed by atoms with E-state index in [0.717, 1.165) is 0 Å². The van der Waals surface area contributed by atoms with Gasteiger partial charge in [0.2, 0.25) is 0 Å². The largest absolute Gasteiger partial charge is 0.293 e. The first kappa shape index (κ1) is 13.7. The number of nitrogens with zero attached hydrogens (tertiary/aromatic N) is 3. The Balaban J connectivity index is 2.00. The minimum atomic E-state index is -0.513. The fraction of sp³-hybridized carbons (Fsp3) is 0.0769. The number of thiophene rings is 1. The third kappa shape index (κ3) is 2.53. The van der Waals surface area contributed by atoms with E-state index in [1.165, 1.54) is 34.4 Å². The van der Waals surface area contributed by atoms with Gasteiger partial charge in [0.25, 0.3) is 11.2 Å². The fourth-order valence-electron chi connectivity index (χ4n) is 1.95. The fourth-order valence-corrected chi connectivity index (χ4v) is 2.98. The Labute approximate surface area is 127 Å². The second-order valence-electron chi connectivity index (χ2n) is 4.35. The van der Waals surface area contributed by atoms with E-state index in [1.54, 1.807) is 12.1 Å². The molecule has 0 aliphatic carbocycles. The highest BCUT2D eigenvalue weighted by Crippen LogP contribution is 2.23. The first-order valence-electron chi connectivity index (χ1n) is 5.92. The van der Waals surface area contributed by atoms with Crippen molar-refractivity contribution >= 4 is 38.8 Å². The highest BCUT2D eigenvalue weighted by atomic mass is 35.5. The summed E-state index contributed by atoms with van der Waals surface area (Å²) >= 11 is 7.37. The standard InChI is InChI=1S/C13H8ClN3O3S/c14-10-5-9(17(19)20)2-1-8(10)6-16-7-15-11-3-4-21-12(11)13(16)18/h1-5,7H,6H2. The quantitative estimate of drug-likeness (QED) is 0.548. The van der Waals surface area contributed by atoms with Gasteiger partial charge in [-0.05, 0) is 23.1 Å². The van der Waals surface area contributed by atoms with Crippen LogP contribution >= 0.6 is 22.9 Å². The van der Waals surface area contributed by atoms with E-state index in [0.29, 0.717) is 15.8 Å². The van der Waals surface area contributed by atoms with Crippen LogP contribution in [0.5, 0.6) is 0 Å². The molecule has 1 aromatic carbocycles. The van der Waals surface area contributed by atoms with Crippen molar-refractivity contribution in [2.45, 2.75) is 6.54 Å². The molecule has 0 unspecified atom stereocenters. The van der Waals surface area contributed by atoms with Crippen LogP contribution in [0.2, 0.25) is 5.02 Å². The number of nitro benzene ring substituents is 1. The molecule has 0 aliphatic heterocycles. The van der Waals surface area contributed by atoms with Crippen LogP contribution in [-0.4, -0.2) is 14.5 Å². The average Bonchev–Trinajstić information content (AvgIpc) is 2.93. The Hall–Kier alpha value is -2.25. The van der Waals surface area contributed by atoms with Gasteiger partial charge in [-0.25, -0.2) is 4.98 Å². The van der Waals surface area contributed by atoms with E-state index < -0.39 is 4.92 Å². The lowest BCUT2D eigenvalue weighted by Crippen LogP contribution is -2.20. The number of nitro groups is 1. The zero-order chi connectivity index (χ0) is 15.0. The summed E-state index contributed by atoms with van der Waals surface area (Å²) in [5, 5.41) is 12.7. The topological polar surface area (TPSA) is 78.0 Å². The maximum absolute atomic E-state index is 12.3. The summed E-state index contributed by atoms with van der Waals surface area (Å²) in [4.78, 5) is 26.6. The molecule has 0 saturated carbocycles. The van der Waals surface area contributed by atoms with Crippen LogP contribution in [0.3, 0.4) is 0 Å². The Morgan fingerprint density at radius 2 is 2.19 bits per heavy atom. The molecule has 0 N–H and O–H groups in total. The minimum Gasteiger partial charge on any atom is -0.293 e. The smallest absolute Gasteiger partial charge is 0.271 e. The first-order valence-corrected chi connectivity index (χ1v) is 7.17. The van der Waals surface area contributed by atoms with Crippen molar-refractivity contribution in [2.75, 3.05) is 0 Å². The first-order chi connectivity index (χ1) is 10.1. The molecular weight excluding hydrogens is 314 g/mol. The average molecular weight is 322 g/mol. The van der Waals surface area contributed by atoms with Gasteiger partial charge >= 0.3 is 0 Å². The van der Waals surface area contributed by atoms with Crippen LogP contribution in [0.4, 0.5) is 5.69 Å². The summed E-state index contributed by atoms with van der Waals surface area (Å²) in [6, 6.07) is 5.97. The van der Waals surface area contributed by atoms with Crippen molar-refractivity contribution in [1.82, 2.24) is 9.55 Å². The third-order valence-electron chi connectivity index (χ3n) is 3.02. The molecule has 106 valence electrons. The van der Waals surface area contributed by atoms with Gasteiger partial charge in [0.1, 0.15) is 4.70 Å². The lowest BCUT2D eigenvalue weighted by Gasteiger charge is -2.07. The van der Waals surface area contributed by atoms with E-state index in [1.807, 2.05) is 5.38 Å². The summed E-state index contributed by atoms with van der Waals surface area (Å²) in [5.74, 6) is 0. The number of halogens is 1. The molecule has 0 fully saturated rings. The molecule has 0 amide bonds. The maximum Gasteiger partial charge on any atom is 0.271 e. The molecule has 6 nitrogen and oxygen atoms in total. The van der Waals surface area contributed by atoms with Gasteiger partial charge in [0.15, 0.2) is 0 Å². The summed E-state index contributed by atoms with van der Waals surface area (Å²) in [6.07, 6.45) is 1.45. The van der Waals surface area contributed by atoms with Crippen LogP contribution in [0.1, 0.15) is 5.56 Å². The molecule has 0 bridgehead atoms. The number of benzene rings is 1.